The highest BCUT2D eigenvalue weighted by Gasteiger charge is 2.23. The maximum absolute atomic E-state index is 13.5. The van der Waals surface area contributed by atoms with Crippen LogP contribution in [0.15, 0.2) is 71.3 Å². The van der Waals surface area contributed by atoms with Crippen LogP contribution >= 0.6 is 11.6 Å². The Balaban J connectivity index is 1.44. The average molecular weight is 584 g/mol. The first-order valence-electron chi connectivity index (χ1n) is 12.3. The van der Waals surface area contributed by atoms with Gasteiger partial charge in [-0.05, 0) is 49.7 Å². The van der Waals surface area contributed by atoms with Gasteiger partial charge in [0.25, 0.3) is 5.91 Å². The predicted octanol–water partition coefficient (Wildman–Crippen LogP) is 6.32. The summed E-state index contributed by atoms with van der Waals surface area (Å²) >= 11 is 6.18. The van der Waals surface area contributed by atoms with Gasteiger partial charge in [-0.1, -0.05) is 53.2 Å². The number of rotatable bonds is 9. The second-order valence-electron chi connectivity index (χ2n) is 9.06. The minimum absolute atomic E-state index is 0.129. The Labute approximate surface area is 238 Å². The summed E-state index contributed by atoms with van der Waals surface area (Å²) in [5.41, 5.74) is 2.07. The normalized spacial score (nSPS) is 12.3. The molecule has 4 aromatic rings. The molecule has 1 aromatic heterocycles. The van der Waals surface area contributed by atoms with Gasteiger partial charge in [0.15, 0.2) is 17.4 Å². The van der Waals surface area contributed by atoms with Gasteiger partial charge in [-0.3, -0.25) is 10.1 Å². The van der Waals surface area contributed by atoms with Crippen LogP contribution in [0.5, 0.6) is 0 Å². The molecule has 0 aliphatic rings. The third-order valence-corrected chi connectivity index (χ3v) is 6.50. The number of aliphatic carboxylic acids is 1. The molecule has 0 spiro atoms. The average Bonchev–Trinajstić information content (AvgIpc) is 3.29. The third-order valence-electron chi connectivity index (χ3n) is 6.15. The molecule has 41 heavy (non-hydrogen) atoms. The highest BCUT2D eigenvalue weighted by atomic mass is 35.5. The van der Waals surface area contributed by atoms with Gasteiger partial charge in [0.05, 0.1) is 0 Å². The fraction of sp³-hybridized carbons (Fsp3) is 0.172. The molecule has 12 heteroatoms. The maximum Gasteiger partial charge on any atom is 0.412 e. The number of aryl methyl sites for hydroxylation is 1. The van der Waals surface area contributed by atoms with E-state index in [1.165, 1.54) is 30.3 Å². The van der Waals surface area contributed by atoms with E-state index in [1.54, 1.807) is 38.1 Å². The van der Waals surface area contributed by atoms with Gasteiger partial charge < -0.3 is 19.7 Å². The lowest BCUT2D eigenvalue weighted by Crippen LogP contribution is -2.42. The number of aromatic nitrogens is 1. The van der Waals surface area contributed by atoms with E-state index >= 15 is 0 Å². The SMILES string of the molecule is Cc1noc(-c2ccc(C(=O)NC(Cc3ccc(F)c(F)c3)C(=O)O)cc2)c1NC(=O)O[C@H](C)c1ccccc1Cl. The van der Waals surface area contributed by atoms with Crippen LogP contribution < -0.4 is 10.6 Å². The standard InChI is InChI=1S/C29H24ClF2N3O6/c1-15-25(34-29(39)40-16(2)20-5-3-4-6-21(20)30)26(41-35-15)18-8-10-19(11-9-18)27(36)33-24(28(37)38)14-17-7-12-22(31)23(32)13-17/h3-13,16,24H,14H2,1-2H3,(H,33,36)(H,34,39)(H,37,38)/t16-,24?/m1/s1. The number of halogens is 3. The van der Waals surface area contributed by atoms with Crippen LogP contribution in [0.25, 0.3) is 11.3 Å². The lowest BCUT2D eigenvalue weighted by molar-refractivity contribution is -0.139. The zero-order chi connectivity index (χ0) is 29.7. The third kappa shape index (κ3) is 7.06. The van der Waals surface area contributed by atoms with E-state index in [4.69, 9.17) is 20.9 Å². The molecule has 2 amide bonds. The lowest BCUT2D eigenvalue weighted by Gasteiger charge is -2.16. The summed E-state index contributed by atoms with van der Waals surface area (Å²) in [5, 5.41) is 18.9. The number of amides is 2. The van der Waals surface area contributed by atoms with Gasteiger partial charge in [-0.2, -0.15) is 0 Å². The molecule has 1 heterocycles. The van der Waals surface area contributed by atoms with E-state index in [9.17, 15) is 28.3 Å². The summed E-state index contributed by atoms with van der Waals surface area (Å²) in [7, 11) is 0. The minimum atomic E-state index is -1.39. The highest BCUT2D eigenvalue weighted by molar-refractivity contribution is 6.31. The van der Waals surface area contributed by atoms with Crippen molar-refractivity contribution in [3.8, 4) is 11.3 Å². The Morgan fingerprint density at radius 3 is 2.41 bits per heavy atom. The molecule has 0 fully saturated rings. The van der Waals surface area contributed by atoms with Gasteiger partial charge in [-0.15, -0.1) is 0 Å². The Morgan fingerprint density at radius 2 is 1.76 bits per heavy atom. The first-order valence-corrected chi connectivity index (χ1v) is 12.7. The molecular weight excluding hydrogens is 560 g/mol. The Hall–Kier alpha value is -4.77. The molecular formula is C29H24ClF2N3O6. The summed E-state index contributed by atoms with van der Waals surface area (Å²) in [6.45, 7) is 3.31. The largest absolute Gasteiger partial charge is 0.480 e. The van der Waals surface area contributed by atoms with Gasteiger partial charge in [-0.25, -0.2) is 18.4 Å². The number of ether oxygens (including phenoxy) is 1. The van der Waals surface area contributed by atoms with Crippen LogP contribution in [0, 0.1) is 18.6 Å². The number of carboxylic acid groups (broad SMARTS) is 1. The van der Waals surface area contributed by atoms with E-state index in [0.29, 0.717) is 21.8 Å². The van der Waals surface area contributed by atoms with Crippen LogP contribution in [0.1, 0.15) is 40.2 Å². The molecule has 0 saturated heterocycles. The van der Waals surface area contributed by atoms with Crippen molar-refractivity contribution in [1.29, 1.82) is 0 Å². The Morgan fingerprint density at radius 1 is 1.05 bits per heavy atom. The topological polar surface area (TPSA) is 131 Å². The second kappa shape index (κ2) is 12.6. The van der Waals surface area contributed by atoms with E-state index in [1.807, 2.05) is 0 Å². The molecule has 1 unspecified atom stereocenters. The number of nitrogens with zero attached hydrogens (tertiary/aromatic N) is 1. The van der Waals surface area contributed by atoms with Crippen molar-refractivity contribution in [3.05, 3.63) is 106 Å². The Kier molecular flexibility index (Phi) is 8.98. The number of hydrogen-bond donors (Lipinski definition) is 3. The monoisotopic (exact) mass is 583 g/mol. The van der Waals surface area contributed by atoms with Crippen molar-refractivity contribution in [2.45, 2.75) is 32.4 Å². The quantitative estimate of drug-likeness (QED) is 0.210. The molecule has 212 valence electrons. The molecule has 0 aliphatic heterocycles. The summed E-state index contributed by atoms with van der Waals surface area (Å²) in [6, 6.07) is 14.5. The highest BCUT2D eigenvalue weighted by Crippen LogP contribution is 2.32. The number of carboxylic acids is 1. The number of nitrogens with one attached hydrogen (secondary N) is 2. The van der Waals surface area contributed by atoms with Crippen molar-refractivity contribution in [2.24, 2.45) is 0 Å². The van der Waals surface area contributed by atoms with Crippen molar-refractivity contribution >= 4 is 35.3 Å². The first-order chi connectivity index (χ1) is 19.5. The van der Waals surface area contributed by atoms with Gasteiger partial charge in [0.2, 0.25) is 0 Å². The summed E-state index contributed by atoms with van der Waals surface area (Å²) < 4.78 is 37.6. The smallest absolute Gasteiger partial charge is 0.412 e. The molecule has 0 bridgehead atoms. The van der Waals surface area contributed by atoms with Crippen molar-refractivity contribution in [2.75, 3.05) is 5.32 Å². The molecule has 3 aromatic carbocycles. The molecule has 2 atom stereocenters. The van der Waals surface area contributed by atoms with Crippen molar-refractivity contribution < 1.29 is 37.5 Å². The number of carbonyl (C=O) groups excluding carboxylic acids is 2. The van der Waals surface area contributed by atoms with Gasteiger partial charge in [0, 0.05) is 28.1 Å². The number of carbonyl (C=O) groups is 3. The summed E-state index contributed by atoms with van der Waals surface area (Å²) in [4.78, 5) is 37.1. The predicted molar refractivity (Wildman–Crippen MR) is 146 cm³/mol. The van der Waals surface area contributed by atoms with E-state index in [2.05, 4.69) is 15.8 Å². The van der Waals surface area contributed by atoms with Crippen LogP contribution in [-0.2, 0) is 16.0 Å². The number of hydrogen-bond acceptors (Lipinski definition) is 6. The van der Waals surface area contributed by atoms with Gasteiger partial charge >= 0.3 is 12.1 Å². The van der Waals surface area contributed by atoms with Crippen LogP contribution in [0.2, 0.25) is 5.02 Å². The van der Waals surface area contributed by atoms with Crippen LogP contribution in [0.3, 0.4) is 0 Å². The molecule has 0 saturated carbocycles. The zero-order valence-electron chi connectivity index (χ0n) is 21.8. The molecule has 0 radical (unpaired) electrons. The minimum Gasteiger partial charge on any atom is -0.480 e. The van der Waals surface area contributed by atoms with E-state index in [0.717, 1.165) is 12.1 Å². The summed E-state index contributed by atoms with van der Waals surface area (Å²) in [6.07, 6.45) is -1.66. The van der Waals surface area contributed by atoms with Crippen molar-refractivity contribution in [3.63, 3.8) is 0 Å². The molecule has 9 nitrogen and oxygen atoms in total. The first kappa shape index (κ1) is 29.2. The molecule has 0 aliphatic carbocycles. The van der Waals surface area contributed by atoms with Crippen LogP contribution in [0.4, 0.5) is 19.3 Å². The van der Waals surface area contributed by atoms with Gasteiger partial charge in [0.1, 0.15) is 23.5 Å². The Bertz CT molecular complexity index is 1590. The summed E-state index contributed by atoms with van der Waals surface area (Å²) in [5.74, 6) is -4.01. The fourth-order valence-corrected chi connectivity index (χ4v) is 4.28. The second-order valence-corrected chi connectivity index (χ2v) is 9.47. The van der Waals surface area contributed by atoms with E-state index in [-0.39, 0.29) is 29.0 Å². The van der Waals surface area contributed by atoms with Crippen molar-refractivity contribution in [1.82, 2.24) is 10.5 Å². The van der Waals surface area contributed by atoms with E-state index < -0.39 is 41.7 Å². The van der Waals surface area contributed by atoms with Crippen LogP contribution in [-0.4, -0.2) is 34.3 Å². The molecule has 4 rings (SSSR count). The molecule has 3 N–H and O–H groups in total. The number of benzene rings is 3. The fourth-order valence-electron chi connectivity index (χ4n) is 3.99. The number of anilines is 1. The zero-order valence-corrected chi connectivity index (χ0v) is 22.5. The lowest BCUT2D eigenvalue weighted by atomic mass is 10.0. The maximum atomic E-state index is 13.5.